The third kappa shape index (κ3) is 5.08. The van der Waals surface area contributed by atoms with Crippen molar-refractivity contribution >= 4 is 53.3 Å². The van der Waals surface area contributed by atoms with E-state index < -0.39 is 12.0 Å². The van der Waals surface area contributed by atoms with Crippen LogP contribution in [0.15, 0.2) is 206 Å². The number of hydrogen-bond acceptors (Lipinski definition) is 1. The lowest BCUT2D eigenvalue weighted by molar-refractivity contribution is 1.03. The normalized spacial score (nSPS) is 15.2. The van der Waals surface area contributed by atoms with Crippen LogP contribution in [0.1, 0.15) is 32.2 Å². The van der Waals surface area contributed by atoms with Crippen LogP contribution in [0.4, 0.5) is 0 Å². The molecule has 0 spiro atoms. The van der Waals surface area contributed by atoms with Crippen LogP contribution in [0, 0.1) is 0 Å². The van der Waals surface area contributed by atoms with Gasteiger partial charge >= 0.3 is 0 Å². The summed E-state index contributed by atoms with van der Waals surface area (Å²) in [5.74, 6) is -0.800. The van der Waals surface area contributed by atoms with Crippen LogP contribution in [-0.2, 0) is 0 Å². The minimum absolute atomic E-state index is 0.0317. The van der Waals surface area contributed by atoms with Gasteiger partial charge in [-0.25, -0.2) is 0 Å². The third-order valence-electron chi connectivity index (χ3n) is 11.5. The molecule has 11 aromatic rings. The molecule has 1 aliphatic carbocycles. The summed E-state index contributed by atoms with van der Waals surface area (Å²) < 4.78 is 70.2. The Morgan fingerprint density at radius 2 is 1.04 bits per heavy atom. The van der Waals surface area contributed by atoms with Gasteiger partial charge in [-0.3, -0.25) is 0 Å². The number of fused-ring (bicyclic) bond motifs is 9. The summed E-state index contributed by atoms with van der Waals surface area (Å²) in [5.41, 5.74) is 10.1. The SMILES string of the molecule is [2H]c1c([2H])c([2H])c2c(c1[2H])-c1c([2H])c(-c3ccc4c(c3)c3cc(-c5ccccc5)ccc3n4-c3cccc(-c4ccccc4)c3)c([2H])c([2H])c1C2c1cccc2sc3ccccc3c12. The van der Waals surface area contributed by atoms with Gasteiger partial charge in [0.2, 0.25) is 0 Å². The Kier molecular flexibility index (Phi) is 5.82. The fourth-order valence-electron chi connectivity index (χ4n) is 8.93. The average Bonchev–Trinajstić information content (AvgIpc) is 4.01. The van der Waals surface area contributed by atoms with Crippen LogP contribution < -0.4 is 0 Å². The third-order valence-corrected chi connectivity index (χ3v) is 12.6. The Labute approximate surface area is 345 Å². The van der Waals surface area contributed by atoms with E-state index in [0.29, 0.717) is 16.7 Å². The molecule has 0 aliphatic heterocycles. The molecule has 1 atom stereocenters. The highest BCUT2D eigenvalue weighted by atomic mass is 32.1. The van der Waals surface area contributed by atoms with Gasteiger partial charge in [-0.2, -0.15) is 0 Å². The lowest BCUT2D eigenvalue weighted by atomic mass is 9.86. The van der Waals surface area contributed by atoms with Crippen LogP contribution in [-0.4, -0.2) is 4.57 Å². The summed E-state index contributed by atoms with van der Waals surface area (Å²) >= 11 is 1.65. The Balaban J connectivity index is 1.12. The molecule has 12 rings (SSSR count). The van der Waals surface area contributed by atoms with E-state index >= 15 is 0 Å². The van der Waals surface area contributed by atoms with E-state index in [1.54, 1.807) is 11.3 Å². The van der Waals surface area contributed by atoms with Gasteiger partial charge in [-0.15, -0.1) is 11.3 Å². The largest absolute Gasteiger partial charge is 0.309 e. The minimum atomic E-state index is -0.800. The standard InChI is InChI=1S/C55H35NS/c1-3-13-35(14-4-1)37-17-11-18-41(31-37)56-50-29-26-38(36-15-5-2-6-16-36)33-48(50)49-34-40(27-30-51(49)56)39-25-28-44-47(32-39)42-19-7-8-20-43(42)54(44)46-22-12-24-53-55(46)45-21-9-10-23-52(45)57-53/h1-34,54H/i7D,8D,19D,20D,25D,28D,32D. The minimum Gasteiger partial charge on any atom is -0.309 e. The molecule has 1 unspecified atom stereocenters. The Hall–Kier alpha value is -7.00. The molecular weight excluding hydrogens is 707 g/mol. The molecule has 1 nitrogen and oxygen atoms in total. The number of aromatic nitrogens is 1. The zero-order valence-electron chi connectivity index (χ0n) is 37.5. The lowest BCUT2D eigenvalue weighted by Crippen LogP contribution is -1.99. The number of thiophene rings is 1. The predicted molar refractivity (Wildman–Crippen MR) is 243 cm³/mol. The first-order valence-electron chi connectivity index (χ1n) is 22.6. The molecule has 57 heavy (non-hydrogen) atoms. The van der Waals surface area contributed by atoms with E-state index in [9.17, 15) is 6.85 Å². The van der Waals surface area contributed by atoms with Crippen LogP contribution in [0.5, 0.6) is 0 Å². The van der Waals surface area contributed by atoms with Gasteiger partial charge in [0.25, 0.3) is 0 Å². The van der Waals surface area contributed by atoms with Gasteiger partial charge in [-0.1, -0.05) is 152 Å². The van der Waals surface area contributed by atoms with Crippen molar-refractivity contribution in [3.63, 3.8) is 0 Å². The van der Waals surface area contributed by atoms with E-state index in [4.69, 9.17) is 2.74 Å². The highest BCUT2D eigenvalue weighted by Gasteiger charge is 2.32. The van der Waals surface area contributed by atoms with Crippen molar-refractivity contribution in [1.29, 1.82) is 0 Å². The van der Waals surface area contributed by atoms with Crippen molar-refractivity contribution in [3.05, 3.63) is 223 Å². The molecule has 0 N–H and O–H groups in total. The van der Waals surface area contributed by atoms with Crippen LogP contribution in [0.2, 0.25) is 0 Å². The van der Waals surface area contributed by atoms with E-state index in [1.807, 2.05) is 84.9 Å². The fourth-order valence-corrected chi connectivity index (χ4v) is 10.1. The van der Waals surface area contributed by atoms with Crippen molar-refractivity contribution < 1.29 is 9.60 Å². The van der Waals surface area contributed by atoms with Gasteiger partial charge in [0.15, 0.2) is 0 Å². The van der Waals surface area contributed by atoms with Crippen LogP contribution >= 0.6 is 11.3 Å². The molecule has 0 fully saturated rings. The van der Waals surface area contributed by atoms with Crippen molar-refractivity contribution in [2.45, 2.75) is 5.92 Å². The molecule has 0 saturated heterocycles. The van der Waals surface area contributed by atoms with Crippen molar-refractivity contribution in [3.8, 4) is 50.2 Å². The van der Waals surface area contributed by atoms with Gasteiger partial charge in [0, 0.05) is 42.6 Å². The maximum Gasteiger partial charge on any atom is 0.0636 e. The van der Waals surface area contributed by atoms with Gasteiger partial charge < -0.3 is 4.57 Å². The summed E-state index contributed by atoms with van der Waals surface area (Å²) in [6.07, 6.45) is 0. The highest BCUT2D eigenvalue weighted by molar-refractivity contribution is 7.25. The summed E-state index contributed by atoms with van der Waals surface area (Å²) in [6.45, 7) is 0. The number of rotatable bonds is 5. The van der Waals surface area contributed by atoms with E-state index in [1.165, 1.54) is 0 Å². The Morgan fingerprint density at radius 3 is 1.81 bits per heavy atom. The number of benzene rings is 9. The summed E-state index contributed by atoms with van der Waals surface area (Å²) in [7, 11) is 0. The molecule has 2 aromatic heterocycles. The summed E-state index contributed by atoms with van der Waals surface area (Å²) in [5, 5.41) is 3.87. The van der Waals surface area contributed by atoms with Gasteiger partial charge in [0.1, 0.15) is 0 Å². The Bertz CT molecular complexity index is 3760. The molecule has 2 heteroatoms. The molecule has 2 heterocycles. The van der Waals surface area contributed by atoms with Crippen molar-refractivity contribution in [2.75, 3.05) is 0 Å². The zero-order chi connectivity index (χ0) is 43.5. The maximum absolute atomic E-state index is 10.0. The van der Waals surface area contributed by atoms with Crippen molar-refractivity contribution in [1.82, 2.24) is 4.57 Å². The molecule has 9 aromatic carbocycles. The zero-order valence-corrected chi connectivity index (χ0v) is 31.3. The lowest BCUT2D eigenvalue weighted by Gasteiger charge is -2.16. The molecular formula is C55H35NS. The van der Waals surface area contributed by atoms with Crippen LogP contribution in [0.25, 0.3) is 92.2 Å². The van der Waals surface area contributed by atoms with Gasteiger partial charge in [0.05, 0.1) is 20.6 Å². The number of hydrogen-bond donors (Lipinski definition) is 0. The molecule has 1 aliphatic rings. The van der Waals surface area contributed by atoms with Crippen molar-refractivity contribution in [2.24, 2.45) is 0 Å². The second-order valence-corrected chi connectivity index (χ2v) is 15.7. The van der Waals surface area contributed by atoms with Crippen LogP contribution in [0.3, 0.4) is 0 Å². The molecule has 266 valence electrons. The molecule has 0 radical (unpaired) electrons. The van der Waals surface area contributed by atoms with E-state index in [-0.39, 0.29) is 52.9 Å². The maximum atomic E-state index is 10.0. The quantitative estimate of drug-likeness (QED) is 0.165. The topological polar surface area (TPSA) is 4.93 Å². The van der Waals surface area contributed by atoms with Gasteiger partial charge in [-0.05, 0) is 116 Å². The monoisotopic (exact) mass is 748 g/mol. The second-order valence-electron chi connectivity index (χ2n) is 14.7. The summed E-state index contributed by atoms with van der Waals surface area (Å²) in [6, 6.07) is 54.1. The van der Waals surface area contributed by atoms with E-state index in [0.717, 1.165) is 75.5 Å². The Morgan fingerprint density at radius 1 is 0.421 bits per heavy atom. The summed E-state index contributed by atoms with van der Waals surface area (Å²) in [4.78, 5) is 0. The first kappa shape index (κ1) is 26.0. The first-order chi connectivity index (χ1) is 31.2. The highest BCUT2D eigenvalue weighted by Crippen LogP contribution is 2.52. The van der Waals surface area contributed by atoms with E-state index in [2.05, 4.69) is 83.4 Å². The second kappa shape index (κ2) is 12.8. The number of nitrogens with zero attached hydrogens (tertiary/aromatic N) is 1. The molecule has 0 amide bonds. The molecule has 0 saturated carbocycles. The smallest absolute Gasteiger partial charge is 0.0636 e. The first-order valence-corrected chi connectivity index (χ1v) is 20.0. The predicted octanol–water partition coefficient (Wildman–Crippen LogP) is 15.3. The molecule has 0 bridgehead atoms. The average molecular weight is 749 g/mol. The fraction of sp³-hybridized carbons (Fsp3) is 0.0182.